The first-order valence-corrected chi connectivity index (χ1v) is 6.42. The smallest absolute Gasteiger partial charge is 0.0722 e. The molecule has 94 valence electrons. The zero-order valence-electron chi connectivity index (χ0n) is 9.67. The fourth-order valence-corrected chi connectivity index (χ4v) is 2.64. The summed E-state index contributed by atoms with van der Waals surface area (Å²) in [6.07, 6.45) is 1.07. The van der Waals surface area contributed by atoms with Crippen molar-refractivity contribution in [3.8, 4) is 0 Å². The summed E-state index contributed by atoms with van der Waals surface area (Å²) < 4.78 is 5.37. The molecular formula is C12H16Cl2N2O. The summed E-state index contributed by atoms with van der Waals surface area (Å²) in [7, 11) is 0. The normalized spacial score (nSPS) is 21.5. The quantitative estimate of drug-likeness (QED) is 0.831. The lowest BCUT2D eigenvalue weighted by atomic mass is 10.0. The Balaban J connectivity index is 2.12. The Labute approximate surface area is 111 Å². The molecule has 1 aliphatic heterocycles. The maximum Gasteiger partial charge on any atom is 0.0722 e. The number of benzene rings is 1. The fraction of sp³-hybridized carbons (Fsp3) is 0.500. The molecule has 5 heteroatoms. The predicted octanol–water partition coefficient (Wildman–Crippen LogP) is 3.41. The van der Waals surface area contributed by atoms with Gasteiger partial charge in [0, 0.05) is 24.3 Å². The van der Waals surface area contributed by atoms with E-state index in [9.17, 15) is 0 Å². The molecule has 0 aromatic heterocycles. The highest BCUT2D eigenvalue weighted by molar-refractivity contribution is 6.39. The van der Waals surface area contributed by atoms with Crippen molar-refractivity contribution in [2.24, 2.45) is 5.92 Å². The monoisotopic (exact) mass is 274 g/mol. The molecule has 1 aromatic rings. The standard InChI is InChI=1S/C12H16Cl2N2O/c1-7(8-2-3-17-6-8)16-12-10(13)4-9(15)5-11(12)14/h4-5,7-8,16H,2-3,6,15H2,1H3. The van der Waals surface area contributed by atoms with Gasteiger partial charge < -0.3 is 15.8 Å². The molecule has 2 unspecified atom stereocenters. The van der Waals surface area contributed by atoms with Gasteiger partial charge in [0.1, 0.15) is 0 Å². The number of nitrogens with two attached hydrogens (primary N) is 1. The van der Waals surface area contributed by atoms with Crippen molar-refractivity contribution in [2.75, 3.05) is 24.3 Å². The molecular weight excluding hydrogens is 259 g/mol. The van der Waals surface area contributed by atoms with Crippen molar-refractivity contribution in [3.63, 3.8) is 0 Å². The van der Waals surface area contributed by atoms with Gasteiger partial charge in [-0.15, -0.1) is 0 Å². The first-order chi connectivity index (χ1) is 8.08. The van der Waals surface area contributed by atoms with Crippen LogP contribution in [-0.2, 0) is 4.74 Å². The van der Waals surface area contributed by atoms with E-state index in [0.717, 1.165) is 25.3 Å². The van der Waals surface area contributed by atoms with Gasteiger partial charge in [0.15, 0.2) is 0 Å². The number of ether oxygens (including phenoxy) is 1. The van der Waals surface area contributed by atoms with Gasteiger partial charge >= 0.3 is 0 Å². The number of nitrogen functional groups attached to an aromatic ring is 1. The van der Waals surface area contributed by atoms with E-state index in [1.165, 1.54) is 0 Å². The van der Waals surface area contributed by atoms with Crippen LogP contribution in [0.3, 0.4) is 0 Å². The summed E-state index contributed by atoms with van der Waals surface area (Å²) in [5.41, 5.74) is 6.99. The lowest BCUT2D eigenvalue weighted by Gasteiger charge is -2.22. The number of hydrogen-bond donors (Lipinski definition) is 2. The lowest BCUT2D eigenvalue weighted by Crippen LogP contribution is -2.26. The van der Waals surface area contributed by atoms with Crippen molar-refractivity contribution in [2.45, 2.75) is 19.4 Å². The van der Waals surface area contributed by atoms with Gasteiger partial charge in [-0.3, -0.25) is 0 Å². The van der Waals surface area contributed by atoms with Gasteiger partial charge in [-0.1, -0.05) is 23.2 Å². The molecule has 0 saturated carbocycles. The van der Waals surface area contributed by atoms with Crippen LogP contribution in [0.25, 0.3) is 0 Å². The summed E-state index contributed by atoms with van der Waals surface area (Å²) in [6.45, 7) is 3.74. The summed E-state index contributed by atoms with van der Waals surface area (Å²) in [4.78, 5) is 0. The van der Waals surface area contributed by atoms with Crippen molar-refractivity contribution >= 4 is 34.6 Å². The van der Waals surface area contributed by atoms with Crippen molar-refractivity contribution < 1.29 is 4.74 Å². The van der Waals surface area contributed by atoms with Crippen LogP contribution in [0, 0.1) is 5.92 Å². The van der Waals surface area contributed by atoms with Gasteiger partial charge in [-0.05, 0) is 25.5 Å². The first kappa shape index (κ1) is 12.8. The van der Waals surface area contributed by atoms with E-state index >= 15 is 0 Å². The number of anilines is 2. The Morgan fingerprint density at radius 2 is 2.06 bits per heavy atom. The van der Waals surface area contributed by atoms with Crippen LogP contribution in [0.1, 0.15) is 13.3 Å². The molecule has 0 aliphatic carbocycles. The minimum atomic E-state index is 0.274. The van der Waals surface area contributed by atoms with E-state index in [-0.39, 0.29) is 6.04 Å². The minimum absolute atomic E-state index is 0.274. The Kier molecular flexibility index (Phi) is 4.02. The molecule has 3 N–H and O–H groups in total. The van der Waals surface area contributed by atoms with E-state index in [2.05, 4.69) is 12.2 Å². The summed E-state index contributed by atoms with van der Waals surface area (Å²) in [6, 6.07) is 3.68. The summed E-state index contributed by atoms with van der Waals surface area (Å²) >= 11 is 12.3. The number of hydrogen-bond acceptors (Lipinski definition) is 3. The number of nitrogens with one attached hydrogen (secondary N) is 1. The zero-order valence-corrected chi connectivity index (χ0v) is 11.2. The highest BCUT2D eigenvalue weighted by Gasteiger charge is 2.23. The van der Waals surface area contributed by atoms with E-state index < -0.39 is 0 Å². The highest BCUT2D eigenvalue weighted by Crippen LogP contribution is 2.34. The predicted molar refractivity (Wildman–Crippen MR) is 72.9 cm³/mol. The first-order valence-electron chi connectivity index (χ1n) is 5.66. The van der Waals surface area contributed by atoms with E-state index in [1.807, 2.05) is 0 Å². The fourth-order valence-electron chi connectivity index (χ4n) is 2.02. The molecule has 1 aromatic carbocycles. The van der Waals surface area contributed by atoms with Crippen LogP contribution >= 0.6 is 23.2 Å². The third-order valence-corrected chi connectivity index (χ3v) is 3.70. The molecule has 0 bridgehead atoms. The molecule has 1 aliphatic rings. The van der Waals surface area contributed by atoms with Gasteiger partial charge in [0.05, 0.1) is 22.3 Å². The highest BCUT2D eigenvalue weighted by atomic mass is 35.5. The second kappa shape index (κ2) is 5.34. The third-order valence-electron chi connectivity index (χ3n) is 3.11. The van der Waals surface area contributed by atoms with E-state index in [0.29, 0.717) is 21.7 Å². The largest absolute Gasteiger partial charge is 0.399 e. The number of rotatable bonds is 3. The zero-order chi connectivity index (χ0) is 12.4. The van der Waals surface area contributed by atoms with Crippen LogP contribution in [-0.4, -0.2) is 19.3 Å². The molecule has 2 rings (SSSR count). The maximum atomic E-state index is 6.13. The van der Waals surface area contributed by atoms with E-state index in [1.54, 1.807) is 12.1 Å². The van der Waals surface area contributed by atoms with Crippen LogP contribution in [0.4, 0.5) is 11.4 Å². The molecule has 17 heavy (non-hydrogen) atoms. The van der Waals surface area contributed by atoms with Crippen molar-refractivity contribution in [3.05, 3.63) is 22.2 Å². The molecule has 0 radical (unpaired) electrons. The Morgan fingerprint density at radius 1 is 1.41 bits per heavy atom. The Morgan fingerprint density at radius 3 is 2.59 bits per heavy atom. The summed E-state index contributed by atoms with van der Waals surface area (Å²) in [5, 5.41) is 4.46. The molecule has 1 saturated heterocycles. The average molecular weight is 275 g/mol. The van der Waals surface area contributed by atoms with E-state index in [4.69, 9.17) is 33.7 Å². The Hall–Kier alpha value is -0.640. The lowest BCUT2D eigenvalue weighted by molar-refractivity contribution is 0.183. The number of halogens is 2. The minimum Gasteiger partial charge on any atom is -0.399 e. The average Bonchev–Trinajstić information content (AvgIpc) is 2.76. The Bertz CT molecular complexity index is 382. The molecule has 1 heterocycles. The molecule has 3 nitrogen and oxygen atoms in total. The third kappa shape index (κ3) is 2.97. The van der Waals surface area contributed by atoms with Gasteiger partial charge in [0.25, 0.3) is 0 Å². The molecule has 0 amide bonds. The van der Waals surface area contributed by atoms with Crippen LogP contribution in [0.15, 0.2) is 12.1 Å². The topological polar surface area (TPSA) is 47.3 Å². The summed E-state index contributed by atoms with van der Waals surface area (Å²) in [5.74, 6) is 0.500. The maximum absolute atomic E-state index is 6.13. The van der Waals surface area contributed by atoms with Crippen molar-refractivity contribution in [1.29, 1.82) is 0 Å². The molecule has 2 atom stereocenters. The SMILES string of the molecule is CC(Nc1c(Cl)cc(N)cc1Cl)C1CCOC1. The second-order valence-corrected chi connectivity index (χ2v) is 5.23. The second-order valence-electron chi connectivity index (χ2n) is 4.42. The molecule has 0 spiro atoms. The van der Waals surface area contributed by atoms with Gasteiger partial charge in [-0.25, -0.2) is 0 Å². The molecule has 1 fully saturated rings. The van der Waals surface area contributed by atoms with Gasteiger partial charge in [-0.2, -0.15) is 0 Å². The van der Waals surface area contributed by atoms with Crippen LogP contribution in [0.5, 0.6) is 0 Å². The van der Waals surface area contributed by atoms with Crippen LogP contribution < -0.4 is 11.1 Å². The van der Waals surface area contributed by atoms with Crippen LogP contribution in [0.2, 0.25) is 10.0 Å². The van der Waals surface area contributed by atoms with Gasteiger partial charge in [0.2, 0.25) is 0 Å². The van der Waals surface area contributed by atoms with Crippen molar-refractivity contribution in [1.82, 2.24) is 0 Å².